The third-order valence-electron chi connectivity index (χ3n) is 4.75. The predicted molar refractivity (Wildman–Crippen MR) is 108 cm³/mol. The smallest absolute Gasteiger partial charge is 0.269 e. The normalized spacial score (nSPS) is 13.8. The number of halogens is 1. The zero-order valence-electron chi connectivity index (χ0n) is 15.9. The molecule has 0 saturated carbocycles. The molecule has 3 aromatic carbocycles. The molecule has 150 valence electrons. The van der Waals surface area contributed by atoms with Gasteiger partial charge in [-0.25, -0.2) is 4.39 Å². The predicted octanol–water partition coefficient (Wildman–Crippen LogP) is 5.24. The van der Waals surface area contributed by atoms with Crippen molar-refractivity contribution >= 4 is 17.5 Å². The molecule has 0 spiro atoms. The summed E-state index contributed by atoms with van der Waals surface area (Å²) in [4.78, 5) is 22.9. The van der Waals surface area contributed by atoms with E-state index in [0.29, 0.717) is 28.2 Å². The quantitative estimate of drug-likeness (QED) is 0.330. The van der Waals surface area contributed by atoms with Crippen LogP contribution in [0, 0.1) is 22.9 Å². The first kappa shape index (κ1) is 19.3. The van der Waals surface area contributed by atoms with Crippen molar-refractivity contribution in [2.75, 3.05) is 0 Å². The maximum Gasteiger partial charge on any atom is 0.269 e. The van der Waals surface area contributed by atoms with Crippen molar-refractivity contribution < 1.29 is 23.6 Å². The maximum absolute atomic E-state index is 13.1. The molecule has 0 radical (unpaired) electrons. The third-order valence-corrected chi connectivity index (χ3v) is 4.75. The van der Waals surface area contributed by atoms with Crippen LogP contribution in [-0.2, 0) is 6.61 Å². The summed E-state index contributed by atoms with van der Waals surface area (Å²) in [5, 5.41) is 10.7. The van der Waals surface area contributed by atoms with Gasteiger partial charge in [-0.2, -0.15) is 0 Å². The number of ketones is 1. The van der Waals surface area contributed by atoms with Crippen LogP contribution in [0.25, 0.3) is 6.08 Å². The molecule has 6 nitrogen and oxygen atoms in total. The van der Waals surface area contributed by atoms with Gasteiger partial charge in [0.15, 0.2) is 5.76 Å². The standard InChI is InChI=1S/C23H16FNO5/c1-14-20(29-13-16-4-8-18(9-5-16)25(27)28)11-10-19-22(26)21(30-23(14)19)12-15-2-6-17(24)7-3-15/h2-12H,13H2,1H3/b21-12-. The number of nitro groups is 1. The molecule has 3 aromatic rings. The Hall–Kier alpha value is -4.00. The van der Waals surface area contributed by atoms with Crippen LogP contribution in [0.5, 0.6) is 11.5 Å². The lowest BCUT2D eigenvalue weighted by Crippen LogP contribution is -1.99. The van der Waals surface area contributed by atoms with Crippen LogP contribution < -0.4 is 9.47 Å². The first-order valence-electron chi connectivity index (χ1n) is 9.12. The summed E-state index contributed by atoms with van der Waals surface area (Å²) < 4.78 is 24.7. The van der Waals surface area contributed by atoms with Crippen molar-refractivity contribution in [3.05, 3.63) is 105 Å². The number of nitrogens with zero attached hydrogens (tertiary/aromatic N) is 1. The van der Waals surface area contributed by atoms with E-state index in [-0.39, 0.29) is 29.7 Å². The number of benzene rings is 3. The molecule has 0 fully saturated rings. The molecular formula is C23H16FNO5. The highest BCUT2D eigenvalue weighted by atomic mass is 19.1. The summed E-state index contributed by atoms with van der Waals surface area (Å²) in [6, 6.07) is 15.2. The van der Waals surface area contributed by atoms with E-state index >= 15 is 0 Å². The minimum absolute atomic E-state index is 0.0137. The molecule has 7 heteroatoms. The van der Waals surface area contributed by atoms with Gasteiger partial charge in [0.05, 0.1) is 10.5 Å². The number of ether oxygens (including phenoxy) is 2. The van der Waals surface area contributed by atoms with Gasteiger partial charge in [-0.05, 0) is 60.5 Å². The Morgan fingerprint density at radius 3 is 2.43 bits per heavy atom. The molecule has 1 aliphatic heterocycles. The van der Waals surface area contributed by atoms with Crippen molar-refractivity contribution in [2.45, 2.75) is 13.5 Å². The monoisotopic (exact) mass is 405 g/mol. The third kappa shape index (κ3) is 3.77. The SMILES string of the molecule is Cc1c(OCc2ccc([N+](=O)[O-])cc2)ccc2c1O/C(=C\c1ccc(F)cc1)C2=O. The molecule has 0 saturated heterocycles. The van der Waals surface area contributed by atoms with Crippen molar-refractivity contribution in [3.8, 4) is 11.5 Å². The number of fused-ring (bicyclic) bond motifs is 1. The molecule has 0 amide bonds. The Morgan fingerprint density at radius 1 is 1.07 bits per heavy atom. The molecule has 30 heavy (non-hydrogen) atoms. The topological polar surface area (TPSA) is 78.7 Å². The van der Waals surface area contributed by atoms with Crippen molar-refractivity contribution in [1.29, 1.82) is 0 Å². The first-order valence-corrected chi connectivity index (χ1v) is 9.12. The van der Waals surface area contributed by atoms with Crippen LogP contribution in [0.2, 0.25) is 0 Å². The number of rotatable bonds is 5. The van der Waals surface area contributed by atoms with Gasteiger partial charge in [0.25, 0.3) is 5.69 Å². The Labute approximate surface area is 171 Å². The molecule has 4 rings (SSSR count). The van der Waals surface area contributed by atoms with E-state index in [2.05, 4.69) is 0 Å². The number of nitro benzene ring substituents is 1. The lowest BCUT2D eigenvalue weighted by Gasteiger charge is -2.11. The van der Waals surface area contributed by atoms with Gasteiger partial charge in [0.1, 0.15) is 23.9 Å². The molecule has 0 atom stereocenters. The summed E-state index contributed by atoms with van der Waals surface area (Å²) in [7, 11) is 0. The van der Waals surface area contributed by atoms with E-state index in [9.17, 15) is 19.3 Å². The fourth-order valence-corrected chi connectivity index (χ4v) is 3.11. The summed E-state index contributed by atoms with van der Waals surface area (Å²) in [6.07, 6.45) is 1.57. The average Bonchev–Trinajstić information content (AvgIpc) is 3.06. The number of carbonyl (C=O) groups is 1. The number of Topliss-reactive ketones (excluding diaryl/α,β-unsaturated/α-hetero) is 1. The van der Waals surface area contributed by atoms with Crippen LogP contribution in [0.4, 0.5) is 10.1 Å². The largest absolute Gasteiger partial charge is 0.488 e. The zero-order chi connectivity index (χ0) is 21.3. The number of carbonyl (C=O) groups excluding carboxylic acids is 1. The summed E-state index contributed by atoms with van der Waals surface area (Å²) >= 11 is 0. The van der Waals surface area contributed by atoms with Crippen molar-refractivity contribution in [2.24, 2.45) is 0 Å². The van der Waals surface area contributed by atoms with Gasteiger partial charge in [0, 0.05) is 17.7 Å². The Balaban J connectivity index is 1.52. The molecule has 0 N–H and O–H groups in total. The molecule has 0 aliphatic carbocycles. The minimum Gasteiger partial charge on any atom is -0.488 e. The zero-order valence-corrected chi connectivity index (χ0v) is 15.9. The summed E-state index contributed by atoms with van der Waals surface area (Å²) in [6.45, 7) is 2.00. The second-order valence-electron chi connectivity index (χ2n) is 6.77. The Kier molecular flexibility index (Phi) is 5.02. The maximum atomic E-state index is 13.1. The van der Waals surface area contributed by atoms with Gasteiger partial charge in [-0.1, -0.05) is 12.1 Å². The number of hydrogen-bond acceptors (Lipinski definition) is 5. The average molecular weight is 405 g/mol. The molecule has 1 aliphatic rings. The minimum atomic E-state index is -0.458. The highest BCUT2D eigenvalue weighted by Gasteiger charge is 2.30. The van der Waals surface area contributed by atoms with Gasteiger partial charge < -0.3 is 9.47 Å². The highest BCUT2D eigenvalue weighted by Crippen LogP contribution is 2.39. The van der Waals surface area contributed by atoms with Gasteiger partial charge in [-0.3, -0.25) is 14.9 Å². The number of allylic oxidation sites excluding steroid dienone is 1. The second kappa shape index (κ2) is 7.79. The molecule has 0 bridgehead atoms. The van der Waals surface area contributed by atoms with E-state index in [1.165, 1.54) is 24.3 Å². The second-order valence-corrected chi connectivity index (χ2v) is 6.77. The van der Waals surface area contributed by atoms with E-state index in [4.69, 9.17) is 9.47 Å². The fraction of sp³-hybridized carbons (Fsp3) is 0.0870. The van der Waals surface area contributed by atoms with Crippen LogP contribution >= 0.6 is 0 Å². The summed E-state index contributed by atoms with van der Waals surface area (Å²) in [5.74, 6) is 0.522. The van der Waals surface area contributed by atoms with Crippen LogP contribution in [-0.4, -0.2) is 10.7 Å². The number of non-ortho nitro benzene ring substituents is 1. The summed E-state index contributed by atoms with van der Waals surface area (Å²) in [5.41, 5.74) is 2.54. The van der Waals surface area contributed by atoms with Gasteiger partial charge >= 0.3 is 0 Å². The lowest BCUT2D eigenvalue weighted by atomic mass is 10.1. The highest BCUT2D eigenvalue weighted by molar-refractivity contribution is 6.14. The molecule has 0 unspecified atom stereocenters. The molecule has 1 heterocycles. The first-order chi connectivity index (χ1) is 14.4. The van der Waals surface area contributed by atoms with E-state index in [0.717, 1.165) is 5.56 Å². The lowest BCUT2D eigenvalue weighted by molar-refractivity contribution is -0.384. The Morgan fingerprint density at radius 2 is 1.77 bits per heavy atom. The van der Waals surface area contributed by atoms with Crippen LogP contribution in [0.1, 0.15) is 27.0 Å². The fourth-order valence-electron chi connectivity index (χ4n) is 3.11. The van der Waals surface area contributed by atoms with Crippen molar-refractivity contribution in [3.63, 3.8) is 0 Å². The van der Waals surface area contributed by atoms with E-state index in [1.807, 2.05) is 0 Å². The van der Waals surface area contributed by atoms with Crippen molar-refractivity contribution in [1.82, 2.24) is 0 Å². The molecular weight excluding hydrogens is 389 g/mol. The van der Waals surface area contributed by atoms with E-state index < -0.39 is 4.92 Å². The van der Waals surface area contributed by atoms with Gasteiger partial charge in [0.2, 0.25) is 5.78 Å². The molecule has 0 aromatic heterocycles. The van der Waals surface area contributed by atoms with Crippen LogP contribution in [0.15, 0.2) is 66.4 Å². The number of hydrogen-bond donors (Lipinski definition) is 0. The van der Waals surface area contributed by atoms with Gasteiger partial charge in [-0.15, -0.1) is 0 Å². The Bertz CT molecular complexity index is 1170. The van der Waals surface area contributed by atoms with E-state index in [1.54, 1.807) is 49.4 Å². The van der Waals surface area contributed by atoms with Crippen LogP contribution in [0.3, 0.4) is 0 Å².